The molecule has 1 aromatic heterocycles. The monoisotopic (exact) mass is 352 g/mol. The van der Waals surface area contributed by atoms with Crippen molar-refractivity contribution in [1.82, 2.24) is 4.90 Å². The van der Waals surface area contributed by atoms with Crippen LogP contribution in [-0.4, -0.2) is 22.9 Å². The van der Waals surface area contributed by atoms with Crippen molar-refractivity contribution in [1.29, 1.82) is 0 Å². The normalized spacial score (nSPS) is 11.2. The van der Waals surface area contributed by atoms with Crippen molar-refractivity contribution < 1.29 is 9.34 Å². The Morgan fingerprint density at radius 1 is 1.04 bits per heavy atom. The van der Waals surface area contributed by atoms with Crippen LogP contribution in [0.2, 0.25) is 0 Å². The molecule has 0 N–H and O–H groups in total. The molecular formula is C20H20N2O4. The third-order valence-electron chi connectivity index (χ3n) is 4.46. The van der Waals surface area contributed by atoms with E-state index in [4.69, 9.17) is 4.42 Å². The lowest BCUT2D eigenvalue weighted by molar-refractivity contribution is -0.384. The summed E-state index contributed by atoms with van der Waals surface area (Å²) in [6.45, 7) is 6.89. The molecule has 0 aliphatic heterocycles. The summed E-state index contributed by atoms with van der Waals surface area (Å²) < 4.78 is 5.93. The second-order valence-electron chi connectivity index (χ2n) is 6.07. The maximum absolute atomic E-state index is 12.4. The first kappa shape index (κ1) is 17.8. The van der Waals surface area contributed by atoms with Crippen molar-refractivity contribution in [2.24, 2.45) is 0 Å². The summed E-state index contributed by atoms with van der Waals surface area (Å²) in [7, 11) is 0. The van der Waals surface area contributed by atoms with Crippen molar-refractivity contribution in [3.63, 3.8) is 0 Å². The molecule has 0 saturated heterocycles. The van der Waals surface area contributed by atoms with E-state index < -0.39 is 4.92 Å². The first-order valence-electron chi connectivity index (χ1n) is 8.55. The lowest BCUT2D eigenvalue weighted by Gasteiger charge is -2.18. The fourth-order valence-corrected chi connectivity index (χ4v) is 2.89. The van der Waals surface area contributed by atoms with E-state index in [-0.39, 0.29) is 11.1 Å². The summed E-state index contributed by atoms with van der Waals surface area (Å²) in [6, 6.07) is 13.0. The van der Waals surface area contributed by atoms with Crippen LogP contribution in [0.25, 0.3) is 22.3 Å². The lowest BCUT2D eigenvalue weighted by Crippen LogP contribution is -2.22. The lowest BCUT2D eigenvalue weighted by atomic mass is 10.1. The van der Waals surface area contributed by atoms with Gasteiger partial charge in [0.1, 0.15) is 11.3 Å². The maximum Gasteiger partial charge on any atom is 0.269 e. The van der Waals surface area contributed by atoms with Gasteiger partial charge in [0, 0.05) is 30.3 Å². The van der Waals surface area contributed by atoms with Gasteiger partial charge in [-0.15, -0.1) is 0 Å². The summed E-state index contributed by atoms with van der Waals surface area (Å²) in [6.07, 6.45) is 0. The second kappa shape index (κ2) is 7.49. The van der Waals surface area contributed by atoms with E-state index in [2.05, 4.69) is 18.7 Å². The molecule has 6 nitrogen and oxygen atoms in total. The molecule has 0 atom stereocenters. The summed E-state index contributed by atoms with van der Waals surface area (Å²) in [5.41, 5.74) is 2.09. The smallest absolute Gasteiger partial charge is 0.269 e. The van der Waals surface area contributed by atoms with Crippen molar-refractivity contribution in [3.8, 4) is 11.3 Å². The number of nitro groups is 1. The van der Waals surface area contributed by atoms with Gasteiger partial charge in [0.15, 0.2) is 5.43 Å². The number of fused-ring (bicyclic) bond motifs is 1. The van der Waals surface area contributed by atoms with Gasteiger partial charge in [0.25, 0.3) is 5.69 Å². The van der Waals surface area contributed by atoms with Crippen molar-refractivity contribution in [2.75, 3.05) is 13.1 Å². The van der Waals surface area contributed by atoms with Crippen LogP contribution < -0.4 is 5.43 Å². The molecule has 0 spiro atoms. The highest BCUT2D eigenvalue weighted by atomic mass is 16.6. The average Bonchev–Trinajstić information content (AvgIpc) is 2.65. The van der Waals surface area contributed by atoms with E-state index in [9.17, 15) is 14.9 Å². The molecule has 0 saturated carbocycles. The second-order valence-corrected chi connectivity index (χ2v) is 6.07. The van der Waals surface area contributed by atoms with Gasteiger partial charge < -0.3 is 4.42 Å². The quantitative estimate of drug-likeness (QED) is 0.490. The zero-order valence-electron chi connectivity index (χ0n) is 14.8. The molecule has 2 aromatic carbocycles. The number of hydrogen-bond donors (Lipinski definition) is 0. The van der Waals surface area contributed by atoms with Gasteiger partial charge >= 0.3 is 0 Å². The molecule has 0 aliphatic rings. The highest BCUT2D eigenvalue weighted by molar-refractivity contribution is 5.79. The van der Waals surface area contributed by atoms with Gasteiger partial charge in [-0.1, -0.05) is 19.9 Å². The fraction of sp³-hybridized carbons (Fsp3) is 0.250. The third-order valence-corrected chi connectivity index (χ3v) is 4.46. The summed E-state index contributed by atoms with van der Waals surface area (Å²) >= 11 is 0. The van der Waals surface area contributed by atoms with E-state index in [1.165, 1.54) is 18.2 Å². The molecule has 0 aliphatic carbocycles. The van der Waals surface area contributed by atoms with Crippen LogP contribution in [0.4, 0.5) is 5.69 Å². The predicted molar refractivity (Wildman–Crippen MR) is 101 cm³/mol. The van der Waals surface area contributed by atoms with Crippen LogP contribution in [0.5, 0.6) is 0 Å². The Labute approximate surface area is 150 Å². The van der Waals surface area contributed by atoms with Crippen LogP contribution in [0.1, 0.15) is 19.4 Å². The van der Waals surface area contributed by atoms with Gasteiger partial charge in [-0.2, -0.15) is 0 Å². The SMILES string of the molecule is CCN(CC)Cc1ccc2c(=O)cc(-c3ccc([N+](=O)[O-])cc3)oc2c1. The molecular weight excluding hydrogens is 332 g/mol. The standard InChI is InChI=1S/C20H20N2O4/c1-3-21(4-2)13-14-5-10-17-18(23)12-19(26-20(17)11-14)15-6-8-16(9-7-15)22(24)25/h5-12H,3-4,13H2,1-2H3. The molecule has 134 valence electrons. The zero-order valence-corrected chi connectivity index (χ0v) is 14.8. The highest BCUT2D eigenvalue weighted by Gasteiger charge is 2.11. The predicted octanol–water partition coefficient (Wildman–Crippen LogP) is 4.21. The van der Waals surface area contributed by atoms with Gasteiger partial charge in [0.05, 0.1) is 10.3 Å². The van der Waals surface area contributed by atoms with Gasteiger partial charge in [-0.25, -0.2) is 0 Å². The Kier molecular flexibility index (Phi) is 5.14. The number of nitrogens with zero attached hydrogens (tertiary/aromatic N) is 2. The molecule has 3 aromatic rings. The summed E-state index contributed by atoms with van der Waals surface area (Å²) in [5.74, 6) is 0.400. The minimum absolute atomic E-state index is 0.00149. The van der Waals surface area contributed by atoms with Crippen molar-refractivity contribution >= 4 is 16.7 Å². The van der Waals surface area contributed by atoms with Crippen molar-refractivity contribution in [2.45, 2.75) is 20.4 Å². The van der Waals surface area contributed by atoms with Gasteiger partial charge in [-0.05, 0) is 42.9 Å². The summed E-state index contributed by atoms with van der Waals surface area (Å²) in [5, 5.41) is 11.3. The zero-order chi connectivity index (χ0) is 18.7. The Balaban J connectivity index is 2.02. The Morgan fingerprint density at radius 2 is 1.73 bits per heavy atom. The van der Waals surface area contributed by atoms with Crippen LogP contribution in [0.15, 0.2) is 57.7 Å². The number of benzene rings is 2. The Morgan fingerprint density at radius 3 is 2.35 bits per heavy atom. The largest absolute Gasteiger partial charge is 0.456 e. The van der Waals surface area contributed by atoms with E-state index in [1.807, 2.05) is 12.1 Å². The molecule has 0 fully saturated rings. The molecule has 26 heavy (non-hydrogen) atoms. The summed E-state index contributed by atoms with van der Waals surface area (Å²) in [4.78, 5) is 25.0. The molecule has 0 radical (unpaired) electrons. The maximum atomic E-state index is 12.4. The molecule has 0 amide bonds. The fourth-order valence-electron chi connectivity index (χ4n) is 2.89. The Bertz CT molecular complexity index is 989. The van der Waals surface area contributed by atoms with Gasteiger partial charge in [-0.3, -0.25) is 19.8 Å². The van der Waals surface area contributed by atoms with Crippen molar-refractivity contribution in [3.05, 3.63) is 74.4 Å². The van der Waals surface area contributed by atoms with Gasteiger partial charge in [0.2, 0.25) is 0 Å². The van der Waals surface area contributed by atoms with E-state index in [1.54, 1.807) is 18.2 Å². The van der Waals surface area contributed by atoms with E-state index >= 15 is 0 Å². The molecule has 1 heterocycles. The topological polar surface area (TPSA) is 76.6 Å². The van der Waals surface area contributed by atoms with E-state index in [0.717, 1.165) is 25.2 Å². The molecule has 0 unspecified atom stereocenters. The Hall–Kier alpha value is -2.99. The number of rotatable bonds is 6. The van der Waals surface area contributed by atoms with Crippen LogP contribution in [-0.2, 0) is 6.54 Å². The van der Waals surface area contributed by atoms with Crippen LogP contribution in [0.3, 0.4) is 0 Å². The number of nitro benzene ring substituents is 1. The average molecular weight is 352 g/mol. The number of hydrogen-bond acceptors (Lipinski definition) is 5. The minimum Gasteiger partial charge on any atom is -0.456 e. The van der Waals surface area contributed by atoms with E-state index in [0.29, 0.717) is 22.3 Å². The minimum atomic E-state index is -0.459. The number of non-ortho nitro benzene ring substituents is 1. The highest BCUT2D eigenvalue weighted by Crippen LogP contribution is 2.25. The molecule has 3 rings (SSSR count). The van der Waals surface area contributed by atoms with Crippen LogP contribution in [0, 0.1) is 10.1 Å². The third kappa shape index (κ3) is 3.65. The first-order chi connectivity index (χ1) is 12.5. The molecule has 0 bridgehead atoms. The van der Waals surface area contributed by atoms with Crippen LogP contribution >= 0.6 is 0 Å². The molecule has 6 heteroatoms. The first-order valence-corrected chi connectivity index (χ1v) is 8.55.